The van der Waals surface area contributed by atoms with E-state index in [4.69, 9.17) is 5.10 Å². The van der Waals surface area contributed by atoms with E-state index in [1.54, 1.807) is 0 Å². The molecule has 0 spiro atoms. The summed E-state index contributed by atoms with van der Waals surface area (Å²) in [6, 6.07) is 17.9. The molecule has 4 rings (SSSR count). The van der Waals surface area contributed by atoms with Crippen molar-refractivity contribution >= 4 is 16.8 Å². The molecule has 0 fully saturated rings. The number of carbonyl (C=O) groups is 1. The van der Waals surface area contributed by atoms with Crippen molar-refractivity contribution in [2.75, 3.05) is 6.54 Å². The number of nitrogens with one attached hydrogen (secondary N) is 1. The predicted octanol–water partition coefficient (Wildman–Crippen LogP) is 5.27. The van der Waals surface area contributed by atoms with E-state index in [1.807, 2.05) is 48.0 Å². The Balaban J connectivity index is 1.53. The summed E-state index contributed by atoms with van der Waals surface area (Å²) in [5.74, 6) is 0.0178. The number of allylic oxidation sites excluding steroid dienone is 1. The minimum absolute atomic E-state index is 0.0178. The van der Waals surface area contributed by atoms with E-state index in [1.165, 1.54) is 31.3 Å². The first-order valence-electron chi connectivity index (χ1n) is 10.2. The molecule has 0 bridgehead atoms. The minimum atomic E-state index is -0.359. The SMILES string of the molecule is C[C@H](C(=O)NCCC1=CCCCC1)n1nc(-c2ccccc2)c2ccccc21. The van der Waals surface area contributed by atoms with E-state index in [9.17, 15) is 4.79 Å². The Hall–Kier alpha value is -2.88. The van der Waals surface area contributed by atoms with Crippen LogP contribution >= 0.6 is 0 Å². The molecule has 1 heterocycles. The Labute approximate surface area is 166 Å². The van der Waals surface area contributed by atoms with Crippen molar-refractivity contribution in [1.82, 2.24) is 15.1 Å². The third-order valence-corrected chi connectivity index (χ3v) is 5.54. The standard InChI is InChI=1S/C24H27N3O/c1-18(24(28)25-17-16-19-10-4-2-5-11-19)27-22-15-9-8-14-21(22)23(26-27)20-12-6-3-7-13-20/h3,6-10,12-15,18H,2,4-5,11,16-17H2,1H3,(H,25,28)/t18-/m1/s1. The molecule has 1 aliphatic carbocycles. The molecule has 3 aromatic rings. The molecule has 1 aromatic heterocycles. The predicted molar refractivity (Wildman–Crippen MR) is 114 cm³/mol. The summed E-state index contributed by atoms with van der Waals surface area (Å²) in [6.07, 6.45) is 8.22. The van der Waals surface area contributed by atoms with Crippen molar-refractivity contribution in [2.45, 2.75) is 45.1 Å². The Morgan fingerprint density at radius 3 is 2.68 bits per heavy atom. The van der Waals surface area contributed by atoms with Crippen molar-refractivity contribution in [1.29, 1.82) is 0 Å². The highest BCUT2D eigenvalue weighted by molar-refractivity contribution is 5.94. The molecule has 0 saturated carbocycles. The molecule has 144 valence electrons. The topological polar surface area (TPSA) is 46.9 Å². The molecule has 0 radical (unpaired) electrons. The molecule has 4 heteroatoms. The first-order valence-corrected chi connectivity index (χ1v) is 10.2. The van der Waals surface area contributed by atoms with Crippen LogP contribution in [0.15, 0.2) is 66.2 Å². The fourth-order valence-corrected chi connectivity index (χ4v) is 3.93. The Bertz CT molecular complexity index is 988. The lowest BCUT2D eigenvalue weighted by atomic mass is 9.97. The van der Waals surface area contributed by atoms with Crippen LogP contribution in [0.1, 0.15) is 45.1 Å². The monoisotopic (exact) mass is 373 g/mol. The zero-order valence-electron chi connectivity index (χ0n) is 16.4. The van der Waals surface area contributed by atoms with Gasteiger partial charge in [-0.2, -0.15) is 5.10 Å². The highest BCUT2D eigenvalue weighted by Gasteiger charge is 2.20. The van der Waals surface area contributed by atoms with E-state index in [-0.39, 0.29) is 11.9 Å². The number of amides is 1. The van der Waals surface area contributed by atoms with Crippen LogP contribution in [-0.2, 0) is 4.79 Å². The maximum atomic E-state index is 12.8. The quantitative estimate of drug-likeness (QED) is 0.598. The maximum Gasteiger partial charge on any atom is 0.244 e. The largest absolute Gasteiger partial charge is 0.354 e. The average molecular weight is 374 g/mol. The Kier molecular flexibility index (Phi) is 5.56. The average Bonchev–Trinajstić information content (AvgIpc) is 3.14. The van der Waals surface area contributed by atoms with E-state index in [0.29, 0.717) is 6.54 Å². The molecule has 1 aliphatic rings. The fourth-order valence-electron chi connectivity index (χ4n) is 3.93. The lowest BCUT2D eigenvalue weighted by molar-refractivity contribution is -0.124. The molecule has 0 unspecified atom stereocenters. The third kappa shape index (κ3) is 3.86. The van der Waals surface area contributed by atoms with Gasteiger partial charge in [-0.1, -0.05) is 60.2 Å². The minimum Gasteiger partial charge on any atom is -0.354 e. The molecule has 1 atom stereocenters. The lowest BCUT2D eigenvalue weighted by Gasteiger charge is -2.16. The number of para-hydroxylation sites is 1. The van der Waals surface area contributed by atoms with Crippen LogP contribution < -0.4 is 5.32 Å². The van der Waals surface area contributed by atoms with Crippen molar-refractivity contribution in [3.63, 3.8) is 0 Å². The van der Waals surface area contributed by atoms with Gasteiger partial charge < -0.3 is 5.32 Å². The molecule has 1 amide bonds. The third-order valence-electron chi connectivity index (χ3n) is 5.54. The Morgan fingerprint density at radius 2 is 1.89 bits per heavy atom. The molecule has 0 saturated heterocycles. The Morgan fingerprint density at radius 1 is 1.11 bits per heavy atom. The molecular formula is C24H27N3O. The van der Waals surface area contributed by atoms with Gasteiger partial charge in [0.2, 0.25) is 5.91 Å². The van der Waals surface area contributed by atoms with Crippen molar-refractivity contribution in [2.24, 2.45) is 0 Å². The number of carbonyl (C=O) groups excluding carboxylic acids is 1. The van der Waals surface area contributed by atoms with Gasteiger partial charge in [0.25, 0.3) is 0 Å². The van der Waals surface area contributed by atoms with Gasteiger partial charge in [0, 0.05) is 17.5 Å². The molecule has 0 aliphatic heterocycles. The summed E-state index contributed by atoms with van der Waals surface area (Å²) < 4.78 is 1.85. The number of aromatic nitrogens is 2. The van der Waals surface area contributed by atoms with Gasteiger partial charge in [-0.25, -0.2) is 0 Å². The first-order chi connectivity index (χ1) is 13.7. The van der Waals surface area contributed by atoms with Gasteiger partial charge in [-0.05, 0) is 45.1 Å². The smallest absolute Gasteiger partial charge is 0.244 e. The van der Waals surface area contributed by atoms with Gasteiger partial charge in [-0.15, -0.1) is 0 Å². The van der Waals surface area contributed by atoms with Gasteiger partial charge in [0.15, 0.2) is 0 Å². The number of benzene rings is 2. The summed E-state index contributed by atoms with van der Waals surface area (Å²) in [5, 5.41) is 8.99. The van der Waals surface area contributed by atoms with E-state index >= 15 is 0 Å². The van der Waals surface area contributed by atoms with Gasteiger partial charge in [0.05, 0.1) is 5.52 Å². The van der Waals surface area contributed by atoms with Crippen LogP contribution in [0.3, 0.4) is 0 Å². The second-order valence-corrected chi connectivity index (χ2v) is 7.50. The number of nitrogens with zero attached hydrogens (tertiary/aromatic N) is 2. The number of hydrogen-bond acceptors (Lipinski definition) is 2. The van der Waals surface area contributed by atoms with E-state index < -0.39 is 0 Å². The molecule has 1 N–H and O–H groups in total. The van der Waals surface area contributed by atoms with Gasteiger partial charge >= 0.3 is 0 Å². The summed E-state index contributed by atoms with van der Waals surface area (Å²) in [4.78, 5) is 12.8. The van der Waals surface area contributed by atoms with E-state index in [2.05, 4.69) is 29.6 Å². The highest BCUT2D eigenvalue weighted by Crippen LogP contribution is 2.29. The number of fused-ring (bicyclic) bond motifs is 1. The molecular weight excluding hydrogens is 346 g/mol. The molecule has 28 heavy (non-hydrogen) atoms. The van der Waals surface area contributed by atoms with E-state index in [0.717, 1.165) is 28.6 Å². The highest BCUT2D eigenvalue weighted by atomic mass is 16.2. The van der Waals surface area contributed by atoms with Crippen molar-refractivity contribution in [3.8, 4) is 11.3 Å². The van der Waals surface area contributed by atoms with Crippen LogP contribution in [0.2, 0.25) is 0 Å². The number of hydrogen-bond donors (Lipinski definition) is 1. The summed E-state index contributed by atoms with van der Waals surface area (Å²) >= 11 is 0. The molecule has 2 aromatic carbocycles. The normalized spacial score (nSPS) is 15.2. The summed E-state index contributed by atoms with van der Waals surface area (Å²) in [5.41, 5.74) is 4.45. The first kappa shape index (κ1) is 18.5. The summed E-state index contributed by atoms with van der Waals surface area (Å²) in [6.45, 7) is 2.61. The molecule has 4 nitrogen and oxygen atoms in total. The zero-order chi connectivity index (χ0) is 19.3. The lowest BCUT2D eigenvalue weighted by Crippen LogP contribution is -2.32. The van der Waals surface area contributed by atoms with Crippen LogP contribution in [0.25, 0.3) is 22.2 Å². The zero-order valence-corrected chi connectivity index (χ0v) is 16.4. The van der Waals surface area contributed by atoms with Crippen LogP contribution in [-0.4, -0.2) is 22.2 Å². The number of rotatable bonds is 6. The summed E-state index contributed by atoms with van der Waals surface area (Å²) in [7, 11) is 0. The fraction of sp³-hybridized carbons (Fsp3) is 0.333. The van der Waals surface area contributed by atoms with Crippen LogP contribution in [0.4, 0.5) is 0 Å². The van der Waals surface area contributed by atoms with Gasteiger partial charge in [0.1, 0.15) is 11.7 Å². The maximum absolute atomic E-state index is 12.8. The second-order valence-electron chi connectivity index (χ2n) is 7.50. The van der Waals surface area contributed by atoms with Crippen LogP contribution in [0.5, 0.6) is 0 Å². The van der Waals surface area contributed by atoms with Crippen molar-refractivity contribution < 1.29 is 4.79 Å². The van der Waals surface area contributed by atoms with Crippen LogP contribution in [0, 0.1) is 0 Å². The second kappa shape index (κ2) is 8.42. The van der Waals surface area contributed by atoms with Crippen molar-refractivity contribution in [3.05, 3.63) is 66.2 Å². The van der Waals surface area contributed by atoms with Gasteiger partial charge in [-0.3, -0.25) is 9.48 Å².